The van der Waals surface area contributed by atoms with Gasteiger partial charge < -0.3 is 23.5 Å². The van der Waals surface area contributed by atoms with Crippen molar-refractivity contribution >= 4 is 66.5 Å². The Kier molecular flexibility index (Phi) is 9.62. The smallest absolute Gasteiger partial charge is 0.135 e. The molecule has 13 rings (SSSR count). The van der Waals surface area contributed by atoms with E-state index in [1.807, 2.05) is 30.5 Å². The normalized spacial score (nSPS) is 13.8. The Balaban J connectivity index is 0.00000480. The molecule has 0 atom stereocenters. The minimum absolute atomic E-state index is 0. The second-order valence-corrected chi connectivity index (χ2v) is 19.3. The number of benzene rings is 8. The molecule has 4 heterocycles. The van der Waals surface area contributed by atoms with Crippen LogP contribution >= 0.6 is 0 Å². The van der Waals surface area contributed by atoms with Crippen molar-refractivity contribution < 1.29 is 30.2 Å². The summed E-state index contributed by atoms with van der Waals surface area (Å²) in [6.45, 7) is 13.6. The molecule has 0 saturated carbocycles. The quantitative estimate of drug-likeness (QED) is 0.155. The topological polar surface area (TPSA) is 46.7 Å². The molecule has 0 bridgehead atoms. The summed E-state index contributed by atoms with van der Waals surface area (Å²) in [5, 5.41) is 4.15. The maximum atomic E-state index is 6.90. The van der Waals surface area contributed by atoms with E-state index in [1.54, 1.807) is 0 Å². The van der Waals surface area contributed by atoms with Gasteiger partial charge in [-0.25, -0.2) is 4.98 Å². The van der Waals surface area contributed by atoms with E-state index >= 15 is 0 Å². The summed E-state index contributed by atoms with van der Waals surface area (Å²) in [5.74, 6) is 1.91. The molecule has 8 aromatic carbocycles. The van der Waals surface area contributed by atoms with Gasteiger partial charge in [-0.1, -0.05) is 173 Å². The minimum Gasteiger partial charge on any atom is -0.509 e. The van der Waals surface area contributed by atoms with Crippen LogP contribution in [0.25, 0.3) is 71.8 Å². The van der Waals surface area contributed by atoms with Crippen LogP contribution in [0.3, 0.4) is 0 Å². The number of para-hydroxylation sites is 4. The third-order valence-corrected chi connectivity index (χ3v) is 13.9. The van der Waals surface area contributed by atoms with Gasteiger partial charge in [0.05, 0.1) is 0 Å². The minimum atomic E-state index is -0.183. The molecule has 0 saturated heterocycles. The van der Waals surface area contributed by atoms with E-state index in [1.165, 1.54) is 27.8 Å². The van der Waals surface area contributed by atoms with Crippen molar-refractivity contribution in [3.63, 3.8) is 0 Å². The van der Waals surface area contributed by atoms with Gasteiger partial charge in [-0.3, -0.25) is 0 Å². The molecule has 0 unspecified atom stereocenters. The van der Waals surface area contributed by atoms with Gasteiger partial charge in [0.2, 0.25) is 0 Å². The second-order valence-electron chi connectivity index (χ2n) is 19.3. The zero-order valence-electron chi connectivity index (χ0n) is 38.2. The zero-order valence-corrected chi connectivity index (χ0v) is 40.5. The summed E-state index contributed by atoms with van der Waals surface area (Å²) in [6.07, 6.45) is 1.90. The third kappa shape index (κ3) is 6.38. The molecule has 68 heavy (non-hydrogen) atoms. The van der Waals surface area contributed by atoms with E-state index in [2.05, 4.69) is 213 Å². The third-order valence-electron chi connectivity index (χ3n) is 13.9. The van der Waals surface area contributed by atoms with Gasteiger partial charge in [-0.2, -0.15) is 6.07 Å². The van der Waals surface area contributed by atoms with Crippen LogP contribution in [-0.4, -0.2) is 9.55 Å². The average molecular weight is 1060 g/mol. The summed E-state index contributed by atoms with van der Waals surface area (Å²) in [5.41, 5.74) is 15.9. The number of pyridine rings is 1. The first-order chi connectivity index (χ1) is 32.6. The van der Waals surface area contributed by atoms with Crippen molar-refractivity contribution in [3.05, 3.63) is 212 Å². The van der Waals surface area contributed by atoms with Crippen molar-refractivity contribution in [1.29, 1.82) is 0 Å². The number of aromatic nitrogens is 2. The fraction of sp³-hybridized carbons (Fsp3) is 0.115. The van der Waals surface area contributed by atoms with E-state index in [-0.39, 0.29) is 31.9 Å². The zero-order chi connectivity index (χ0) is 45.2. The number of anilines is 4. The maximum Gasteiger partial charge on any atom is 0.135 e. The Morgan fingerprint density at radius 1 is 0.618 bits per heavy atom. The monoisotopic (exact) mass is 1060 g/mol. The molecule has 334 valence electrons. The second kappa shape index (κ2) is 15.6. The fourth-order valence-corrected chi connectivity index (χ4v) is 10.6. The number of nitrogens with zero attached hydrogens (tertiary/aromatic N) is 4. The first-order valence-corrected chi connectivity index (χ1v) is 22.9. The van der Waals surface area contributed by atoms with Gasteiger partial charge in [0, 0.05) is 83.5 Å². The van der Waals surface area contributed by atoms with Gasteiger partial charge in [0.15, 0.2) is 0 Å². The van der Waals surface area contributed by atoms with Gasteiger partial charge >= 0.3 is 0 Å². The molecule has 0 amide bonds. The van der Waals surface area contributed by atoms with Crippen molar-refractivity contribution in [3.8, 4) is 39.6 Å². The van der Waals surface area contributed by atoms with Crippen molar-refractivity contribution in [2.24, 2.45) is 0 Å². The molecule has 2 aliphatic rings. The SMILES string of the molecule is CC(C)(C)c1ccnc(-n2c3[c-]c(Oc4[c-]c(N5[CH-]N(c6c(-c7ccccc7)ccc7c6-c6ccccc6C7(C)C)c6ccccc65)c5c(c4)oc4ccccc45)ccc3c3ccccc32)c1.[Pt]. The Labute approximate surface area is 410 Å². The standard InChI is InChI=1S/C61H45N4O2.Pt/c1-60(2,3)39-31-32-62-56(33-39)65-49-23-13-10-19-43(49)44-28-27-40(34-52(44)65)66-41-35-53(58-46-21-11-16-26-54(46)67-55(58)36-41)63-37-64(51-25-15-14-24-50(51)63)59-42(38-17-7-6-8-18-38)29-30-48-57(59)45-20-9-12-22-47(45)61(48,4)5;/h6-33,36-37H,1-5H3;/q-3;. The Morgan fingerprint density at radius 2 is 1.34 bits per heavy atom. The average Bonchev–Trinajstić information content (AvgIpc) is 4.08. The van der Waals surface area contributed by atoms with Crippen LogP contribution in [0.15, 0.2) is 180 Å². The maximum absolute atomic E-state index is 6.90. The summed E-state index contributed by atoms with van der Waals surface area (Å²) < 4.78 is 15.8. The number of fused-ring (bicyclic) bond motifs is 10. The molecule has 6 nitrogen and oxygen atoms in total. The van der Waals surface area contributed by atoms with Gasteiger partial charge in [-0.15, -0.1) is 30.3 Å². The van der Waals surface area contributed by atoms with E-state index in [0.29, 0.717) is 17.1 Å². The molecule has 3 aromatic heterocycles. The fourth-order valence-electron chi connectivity index (χ4n) is 10.6. The van der Waals surface area contributed by atoms with Crippen LogP contribution in [0, 0.1) is 18.8 Å². The predicted octanol–water partition coefficient (Wildman–Crippen LogP) is 16.1. The van der Waals surface area contributed by atoms with Crippen LogP contribution in [-0.2, 0) is 31.9 Å². The summed E-state index contributed by atoms with van der Waals surface area (Å²) in [7, 11) is 0. The van der Waals surface area contributed by atoms with Crippen molar-refractivity contribution in [1.82, 2.24) is 9.55 Å². The van der Waals surface area contributed by atoms with Crippen molar-refractivity contribution in [2.45, 2.75) is 45.4 Å². The van der Waals surface area contributed by atoms with Crippen LogP contribution in [0.5, 0.6) is 11.5 Å². The van der Waals surface area contributed by atoms with Crippen LogP contribution in [0.4, 0.5) is 22.7 Å². The van der Waals surface area contributed by atoms with Gasteiger partial charge in [0.1, 0.15) is 11.4 Å². The predicted molar refractivity (Wildman–Crippen MR) is 273 cm³/mol. The summed E-state index contributed by atoms with van der Waals surface area (Å²) in [6, 6.07) is 67.4. The van der Waals surface area contributed by atoms with E-state index in [9.17, 15) is 0 Å². The van der Waals surface area contributed by atoms with Gasteiger partial charge in [-0.05, 0) is 80.4 Å². The van der Waals surface area contributed by atoms with E-state index < -0.39 is 0 Å². The first kappa shape index (κ1) is 42.0. The van der Waals surface area contributed by atoms with Crippen LogP contribution in [0.1, 0.15) is 51.3 Å². The molecule has 11 aromatic rings. The number of hydrogen-bond acceptors (Lipinski definition) is 5. The van der Waals surface area contributed by atoms with E-state index in [4.69, 9.17) is 14.1 Å². The molecule has 7 heteroatoms. The Hall–Kier alpha value is -7.40. The molecule has 0 N–H and O–H groups in total. The molecule has 0 spiro atoms. The number of ether oxygens (including phenoxy) is 1. The number of hydrogen-bond donors (Lipinski definition) is 0. The van der Waals surface area contributed by atoms with E-state index in [0.717, 1.165) is 77.9 Å². The van der Waals surface area contributed by atoms with Crippen LogP contribution in [0.2, 0.25) is 0 Å². The molecule has 1 aliphatic carbocycles. The van der Waals surface area contributed by atoms with Gasteiger partial charge in [0.25, 0.3) is 0 Å². The molecular weight excluding hydrogens is 1020 g/mol. The molecule has 0 radical (unpaired) electrons. The van der Waals surface area contributed by atoms with Crippen LogP contribution < -0.4 is 14.5 Å². The Bertz CT molecular complexity index is 3800. The Morgan fingerprint density at radius 3 is 2.16 bits per heavy atom. The first-order valence-electron chi connectivity index (χ1n) is 22.9. The number of furan rings is 1. The number of rotatable bonds is 6. The molecular formula is C61H45N4O2Pt-3. The largest absolute Gasteiger partial charge is 0.509 e. The summed E-state index contributed by atoms with van der Waals surface area (Å²) in [4.78, 5) is 9.53. The van der Waals surface area contributed by atoms with Crippen molar-refractivity contribution in [2.75, 3.05) is 9.80 Å². The summed E-state index contributed by atoms with van der Waals surface area (Å²) >= 11 is 0. The molecule has 0 fully saturated rings. The molecule has 1 aliphatic heterocycles.